The largest absolute Gasteiger partial charge is 0.369 e. The number of rotatable bonds is 3. The number of aromatic nitrogens is 2. The van der Waals surface area contributed by atoms with Crippen LogP contribution in [0.3, 0.4) is 0 Å². The van der Waals surface area contributed by atoms with Crippen LogP contribution in [0.5, 0.6) is 0 Å². The Kier molecular flexibility index (Phi) is 2.96. The molecule has 1 aromatic heterocycles. The summed E-state index contributed by atoms with van der Waals surface area (Å²) in [5.41, 5.74) is 3.99. The number of hydrogen-bond acceptors (Lipinski definition) is 3. The predicted octanol–water partition coefficient (Wildman–Crippen LogP) is 2.66. The van der Waals surface area contributed by atoms with Crippen molar-refractivity contribution in [2.45, 2.75) is 26.2 Å². The molecule has 0 fully saturated rings. The summed E-state index contributed by atoms with van der Waals surface area (Å²) in [7, 11) is 0. The molecule has 0 spiro atoms. The van der Waals surface area contributed by atoms with E-state index >= 15 is 0 Å². The molecular weight excluding hydrogens is 236 g/mol. The standard InChI is InChI=1S/C15H16N4/c1-2-5-13-12-8-9-17-15(12)19(18-13)14-7-4-3-6-11(14)10-16/h3-4,6-7,17H,2,5,8-9H2,1H3. The SMILES string of the molecule is CCCc1nn(-c2ccccc2C#N)c2c1CCN2. The van der Waals surface area contributed by atoms with Gasteiger partial charge in [-0.05, 0) is 25.0 Å². The van der Waals surface area contributed by atoms with Gasteiger partial charge in [-0.15, -0.1) is 0 Å². The Morgan fingerprint density at radius 1 is 1.42 bits per heavy atom. The van der Waals surface area contributed by atoms with Crippen LogP contribution in [-0.2, 0) is 12.8 Å². The minimum Gasteiger partial charge on any atom is -0.369 e. The number of nitriles is 1. The first kappa shape index (κ1) is 11.8. The average Bonchev–Trinajstić information content (AvgIpc) is 3.03. The summed E-state index contributed by atoms with van der Waals surface area (Å²) in [5.74, 6) is 1.06. The van der Waals surface area contributed by atoms with Gasteiger partial charge in [-0.2, -0.15) is 10.4 Å². The molecule has 0 amide bonds. The molecule has 1 aromatic carbocycles. The molecule has 4 heteroatoms. The van der Waals surface area contributed by atoms with Crippen LogP contribution in [0.2, 0.25) is 0 Å². The molecule has 3 rings (SSSR count). The highest BCUT2D eigenvalue weighted by molar-refractivity contribution is 5.60. The van der Waals surface area contributed by atoms with Gasteiger partial charge in [0.15, 0.2) is 0 Å². The lowest BCUT2D eigenvalue weighted by molar-refractivity contribution is 0.795. The first-order valence-corrected chi connectivity index (χ1v) is 6.69. The number of aryl methyl sites for hydroxylation is 1. The number of benzene rings is 1. The summed E-state index contributed by atoms with van der Waals surface area (Å²) in [6.45, 7) is 3.12. The van der Waals surface area contributed by atoms with Gasteiger partial charge in [-0.3, -0.25) is 0 Å². The Labute approximate surface area is 112 Å². The smallest absolute Gasteiger partial charge is 0.133 e. The number of para-hydroxylation sites is 1. The number of anilines is 1. The van der Waals surface area contributed by atoms with Gasteiger partial charge in [-0.1, -0.05) is 25.5 Å². The van der Waals surface area contributed by atoms with Crippen molar-refractivity contribution in [1.82, 2.24) is 9.78 Å². The van der Waals surface area contributed by atoms with E-state index in [0.29, 0.717) is 5.56 Å². The van der Waals surface area contributed by atoms with Crippen molar-refractivity contribution in [1.29, 1.82) is 5.26 Å². The topological polar surface area (TPSA) is 53.6 Å². The third-order valence-electron chi connectivity index (χ3n) is 3.47. The van der Waals surface area contributed by atoms with Crippen LogP contribution in [0.4, 0.5) is 5.82 Å². The molecule has 0 bridgehead atoms. The molecule has 1 aliphatic heterocycles. The van der Waals surface area contributed by atoms with Crippen LogP contribution >= 0.6 is 0 Å². The number of nitrogens with one attached hydrogen (secondary N) is 1. The molecule has 0 atom stereocenters. The molecular formula is C15H16N4. The lowest BCUT2D eigenvalue weighted by atomic mass is 10.1. The first-order chi connectivity index (χ1) is 9.35. The van der Waals surface area contributed by atoms with Crippen molar-refractivity contribution in [3.05, 3.63) is 41.1 Å². The van der Waals surface area contributed by atoms with E-state index in [1.807, 2.05) is 28.9 Å². The zero-order chi connectivity index (χ0) is 13.2. The van der Waals surface area contributed by atoms with Gasteiger partial charge < -0.3 is 5.32 Å². The van der Waals surface area contributed by atoms with Crippen molar-refractivity contribution in [3.63, 3.8) is 0 Å². The van der Waals surface area contributed by atoms with Gasteiger partial charge in [0.2, 0.25) is 0 Å². The highest BCUT2D eigenvalue weighted by Crippen LogP contribution is 2.30. The molecule has 2 heterocycles. The Morgan fingerprint density at radius 3 is 3.05 bits per heavy atom. The van der Waals surface area contributed by atoms with E-state index in [1.54, 1.807) is 0 Å². The van der Waals surface area contributed by atoms with Crippen LogP contribution in [-0.4, -0.2) is 16.3 Å². The van der Waals surface area contributed by atoms with Gasteiger partial charge >= 0.3 is 0 Å². The van der Waals surface area contributed by atoms with Crippen molar-refractivity contribution < 1.29 is 0 Å². The molecule has 2 aromatic rings. The first-order valence-electron chi connectivity index (χ1n) is 6.69. The summed E-state index contributed by atoms with van der Waals surface area (Å²) in [6.07, 6.45) is 3.11. The van der Waals surface area contributed by atoms with Crippen LogP contribution < -0.4 is 5.32 Å². The molecule has 0 radical (unpaired) electrons. The van der Waals surface area contributed by atoms with Crippen LogP contribution in [0, 0.1) is 11.3 Å². The van der Waals surface area contributed by atoms with Gasteiger partial charge in [0.05, 0.1) is 16.9 Å². The fourth-order valence-corrected chi connectivity index (χ4v) is 2.61. The minimum atomic E-state index is 0.657. The number of nitrogens with zero attached hydrogens (tertiary/aromatic N) is 3. The number of fused-ring (bicyclic) bond motifs is 1. The normalized spacial score (nSPS) is 12.8. The molecule has 0 saturated heterocycles. The summed E-state index contributed by atoms with van der Waals surface area (Å²) < 4.78 is 1.89. The second-order valence-corrected chi connectivity index (χ2v) is 4.74. The number of hydrogen-bond donors (Lipinski definition) is 1. The zero-order valence-corrected chi connectivity index (χ0v) is 11.0. The fourth-order valence-electron chi connectivity index (χ4n) is 2.61. The van der Waals surface area contributed by atoms with Crippen molar-refractivity contribution in [2.24, 2.45) is 0 Å². The van der Waals surface area contributed by atoms with E-state index in [9.17, 15) is 5.26 Å². The van der Waals surface area contributed by atoms with Crippen LogP contribution in [0.25, 0.3) is 5.69 Å². The van der Waals surface area contributed by atoms with E-state index < -0.39 is 0 Å². The highest BCUT2D eigenvalue weighted by Gasteiger charge is 2.23. The van der Waals surface area contributed by atoms with E-state index in [4.69, 9.17) is 5.10 Å². The molecule has 0 saturated carbocycles. The maximum atomic E-state index is 9.23. The molecule has 4 nitrogen and oxygen atoms in total. The van der Waals surface area contributed by atoms with Gasteiger partial charge in [-0.25, -0.2) is 4.68 Å². The second-order valence-electron chi connectivity index (χ2n) is 4.74. The quantitative estimate of drug-likeness (QED) is 0.913. The molecule has 1 N–H and O–H groups in total. The second kappa shape index (κ2) is 4.77. The zero-order valence-electron chi connectivity index (χ0n) is 11.0. The molecule has 19 heavy (non-hydrogen) atoms. The molecule has 1 aliphatic rings. The third kappa shape index (κ3) is 1.88. The lowest BCUT2D eigenvalue weighted by Crippen LogP contribution is -2.06. The lowest BCUT2D eigenvalue weighted by Gasteiger charge is -2.07. The molecule has 96 valence electrons. The molecule has 0 unspecified atom stereocenters. The fraction of sp³-hybridized carbons (Fsp3) is 0.333. The summed E-state index contributed by atoms with van der Waals surface area (Å²) >= 11 is 0. The van der Waals surface area contributed by atoms with Gasteiger partial charge in [0.25, 0.3) is 0 Å². The van der Waals surface area contributed by atoms with Gasteiger partial charge in [0.1, 0.15) is 11.9 Å². The average molecular weight is 252 g/mol. The van der Waals surface area contributed by atoms with Crippen LogP contribution in [0.15, 0.2) is 24.3 Å². The van der Waals surface area contributed by atoms with E-state index in [1.165, 1.54) is 5.56 Å². The Bertz CT molecular complexity index is 649. The van der Waals surface area contributed by atoms with Crippen molar-refractivity contribution >= 4 is 5.82 Å². The van der Waals surface area contributed by atoms with Gasteiger partial charge in [0, 0.05) is 12.1 Å². The van der Waals surface area contributed by atoms with E-state index in [-0.39, 0.29) is 0 Å². The predicted molar refractivity (Wildman–Crippen MR) is 74.5 cm³/mol. The third-order valence-corrected chi connectivity index (χ3v) is 3.47. The van der Waals surface area contributed by atoms with Crippen molar-refractivity contribution in [2.75, 3.05) is 11.9 Å². The van der Waals surface area contributed by atoms with E-state index in [0.717, 1.165) is 43.0 Å². The maximum Gasteiger partial charge on any atom is 0.133 e. The molecule has 0 aliphatic carbocycles. The summed E-state index contributed by atoms with van der Waals surface area (Å²) in [5, 5.41) is 17.3. The highest BCUT2D eigenvalue weighted by atomic mass is 15.3. The van der Waals surface area contributed by atoms with Crippen molar-refractivity contribution in [3.8, 4) is 11.8 Å². The van der Waals surface area contributed by atoms with E-state index in [2.05, 4.69) is 18.3 Å². The summed E-state index contributed by atoms with van der Waals surface area (Å²) in [4.78, 5) is 0. The monoisotopic (exact) mass is 252 g/mol. The maximum absolute atomic E-state index is 9.23. The Hall–Kier alpha value is -2.28. The Morgan fingerprint density at radius 2 is 2.26 bits per heavy atom. The van der Waals surface area contributed by atoms with Crippen LogP contribution in [0.1, 0.15) is 30.2 Å². The summed E-state index contributed by atoms with van der Waals surface area (Å²) in [6, 6.07) is 9.84. The Balaban J connectivity index is 2.16. The minimum absolute atomic E-state index is 0.657.